The molecular formula is C22H22F2N2. The van der Waals surface area contributed by atoms with Gasteiger partial charge in [0.2, 0.25) is 0 Å². The van der Waals surface area contributed by atoms with Crippen LogP contribution in [0.5, 0.6) is 0 Å². The SMILES string of the molecule is NC(Cc1cccc(CC(N)c2ccc(F)cc2)c1)c1ccc(F)cc1. The van der Waals surface area contributed by atoms with Gasteiger partial charge in [0.15, 0.2) is 0 Å². The first kappa shape index (κ1) is 18.2. The van der Waals surface area contributed by atoms with E-state index in [4.69, 9.17) is 11.5 Å². The van der Waals surface area contributed by atoms with Crippen molar-refractivity contribution >= 4 is 0 Å². The summed E-state index contributed by atoms with van der Waals surface area (Å²) in [6.45, 7) is 0. The van der Waals surface area contributed by atoms with Crippen LogP contribution in [0.25, 0.3) is 0 Å². The molecule has 4 N–H and O–H groups in total. The molecule has 26 heavy (non-hydrogen) atoms. The highest BCUT2D eigenvalue weighted by Gasteiger charge is 2.10. The number of hydrogen-bond acceptors (Lipinski definition) is 2. The first-order chi connectivity index (χ1) is 12.5. The van der Waals surface area contributed by atoms with Crippen LogP contribution in [0, 0.1) is 11.6 Å². The Bertz CT molecular complexity index is 776. The van der Waals surface area contributed by atoms with Crippen molar-refractivity contribution in [3.05, 3.63) is 107 Å². The third-order valence-electron chi connectivity index (χ3n) is 4.50. The third kappa shape index (κ3) is 4.75. The van der Waals surface area contributed by atoms with E-state index in [0.717, 1.165) is 22.3 Å². The fourth-order valence-electron chi connectivity index (χ4n) is 3.05. The number of nitrogens with two attached hydrogens (primary N) is 2. The van der Waals surface area contributed by atoms with Gasteiger partial charge in [0, 0.05) is 12.1 Å². The molecule has 0 heterocycles. The summed E-state index contributed by atoms with van der Waals surface area (Å²) >= 11 is 0. The van der Waals surface area contributed by atoms with Crippen molar-refractivity contribution < 1.29 is 8.78 Å². The summed E-state index contributed by atoms with van der Waals surface area (Å²) in [5.74, 6) is -0.532. The molecule has 0 aliphatic heterocycles. The molecule has 3 rings (SSSR count). The molecule has 0 saturated heterocycles. The van der Waals surface area contributed by atoms with Gasteiger partial charge in [0.25, 0.3) is 0 Å². The van der Waals surface area contributed by atoms with E-state index in [1.807, 2.05) is 18.2 Å². The van der Waals surface area contributed by atoms with Gasteiger partial charge >= 0.3 is 0 Å². The number of hydrogen-bond donors (Lipinski definition) is 2. The molecular weight excluding hydrogens is 330 g/mol. The summed E-state index contributed by atoms with van der Waals surface area (Å²) in [6.07, 6.45) is 1.32. The minimum atomic E-state index is -0.266. The average Bonchev–Trinajstić information content (AvgIpc) is 2.63. The minimum absolute atomic E-state index is 0.198. The highest BCUT2D eigenvalue weighted by molar-refractivity contribution is 5.29. The zero-order chi connectivity index (χ0) is 18.5. The molecule has 0 amide bonds. The predicted molar refractivity (Wildman–Crippen MR) is 101 cm³/mol. The Morgan fingerprint density at radius 3 is 1.38 bits per heavy atom. The molecule has 134 valence electrons. The lowest BCUT2D eigenvalue weighted by atomic mass is 9.95. The van der Waals surface area contributed by atoms with Gasteiger partial charge in [0.05, 0.1) is 0 Å². The number of rotatable bonds is 6. The summed E-state index contributed by atoms with van der Waals surface area (Å²) in [6, 6.07) is 20.3. The lowest BCUT2D eigenvalue weighted by molar-refractivity contribution is 0.624. The maximum absolute atomic E-state index is 13.0. The molecule has 4 heteroatoms. The van der Waals surface area contributed by atoms with Gasteiger partial charge in [-0.2, -0.15) is 0 Å². The van der Waals surface area contributed by atoms with Gasteiger partial charge in [-0.3, -0.25) is 0 Å². The molecule has 0 spiro atoms. The van der Waals surface area contributed by atoms with Crippen molar-refractivity contribution in [1.82, 2.24) is 0 Å². The van der Waals surface area contributed by atoms with Gasteiger partial charge < -0.3 is 11.5 Å². The van der Waals surface area contributed by atoms with Crippen LogP contribution >= 0.6 is 0 Å². The highest BCUT2D eigenvalue weighted by atomic mass is 19.1. The molecule has 3 aromatic carbocycles. The largest absolute Gasteiger partial charge is 0.324 e. The van der Waals surface area contributed by atoms with Gasteiger partial charge in [-0.15, -0.1) is 0 Å². The predicted octanol–water partition coefficient (Wildman–Crippen LogP) is 4.45. The van der Waals surface area contributed by atoms with Crippen LogP contribution in [-0.4, -0.2) is 0 Å². The molecule has 0 saturated carbocycles. The van der Waals surface area contributed by atoms with Crippen LogP contribution < -0.4 is 11.5 Å². The summed E-state index contributed by atoms with van der Waals surface area (Å²) in [5, 5.41) is 0. The highest BCUT2D eigenvalue weighted by Crippen LogP contribution is 2.20. The van der Waals surface area contributed by atoms with Crippen LogP contribution in [-0.2, 0) is 12.8 Å². The van der Waals surface area contributed by atoms with E-state index in [1.54, 1.807) is 24.3 Å². The second-order valence-corrected chi connectivity index (χ2v) is 6.54. The van der Waals surface area contributed by atoms with E-state index < -0.39 is 0 Å². The van der Waals surface area contributed by atoms with E-state index in [-0.39, 0.29) is 23.7 Å². The van der Waals surface area contributed by atoms with Gasteiger partial charge in [-0.1, -0.05) is 48.5 Å². The van der Waals surface area contributed by atoms with E-state index in [0.29, 0.717) is 12.8 Å². The summed E-state index contributed by atoms with van der Waals surface area (Å²) in [4.78, 5) is 0. The molecule has 0 radical (unpaired) electrons. The smallest absolute Gasteiger partial charge is 0.123 e. The maximum atomic E-state index is 13.0. The molecule has 2 unspecified atom stereocenters. The topological polar surface area (TPSA) is 52.0 Å². The Balaban J connectivity index is 1.67. The van der Waals surface area contributed by atoms with Crippen molar-refractivity contribution in [3.8, 4) is 0 Å². The van der Waals surface area contributed by atoms with Crippen molar-refractivity contribution in [2.75, 3.05) is 0 Å². The van der Waals surface area contributed by atoms with Gasteiger partial charge in [-0.25, -0.2) is 8.78 Å². The Morgan fingerprint density at radius 1 is 0.615 bits per heavy atom. The molecule has 3 aromatic rings. The molecule has 0 fully saturated rings. The molecule has 2 nitrogen and oxygen atoms in total. The number of benzene rings is 3. The monoisotopic (exact) mass is 352 g/mol. The number of halogens is 2. The first-order valence-corrected chi connectivity index (χ1v) is 8.61. The molecule has 0 aliphatic rings. The fraction of sp³-hybridized carbons (Fsp3) is 0.182. The second kappa shape index (κ2) is 8.21. The van der Waals surface area contributed by atoms with Crippen LogP contribution in [0.3, 0.4) is 0 Å². The van der Waals surface area contributed by atoms with Crippen molar-refractivity contribution in [2.45, 2.75) is 24.9 Å². The van der Waals surface area contributed by atoms with Crippen LogP contribution in [0.15, 0.2) is 72.8 Å². The fourth-order valence-corrected chi connectivity index (χ4v) is 3.05. The minimum Gasteiger partial charge on any atom is -0.324 e. The Labute approximate surface area is 152 Å². The lowest BCUT2D eigenvalue weighted by Gasteiger charge is -2.15. The van der Waals surface area contributed by atoms with Crippen LogP contribution in [0.4, 0.5) is 8.78 Å². The molecule has 2 atom stereocenters. The van der Waals surface area contributed by atoms with Crippen molar-refractivity contribution in [3.63, 3.8) is 0 Å². The van der Waals surface area contributed by atoms with Crippen LogP contribution in [0.1, 0.15) is 34.3 Å². The zero-order valence-electron chi connectivity index (χ0n) is 14.4. The summed E-state index contributed by atoms with van der Waals surface area (Å²) in [7, 11) is 0. The average molecular weight is 352 g/mol. The van der Waals surface area contributed by atoms with Gasteiger partial charge in [-0.05, 0) is 59.4 Å². The molecule has 0 aromatic heterocycles. The summed E-state index contributed by atoms with van der Waals surface area (Å²) in [5.41, 5.74) is 16.5. The maximum Gasteiger partial charge on any atom is 0.123 e. The van der Waals surface area contributed by atoms with Crippen molar-refractivity contribution in [1.29, 1.82) is 0 Å². The summed E-state index contributed by atoms with van der Waals surface area (Å²) < 4.78 is 26.1. The quantitative estimate of drug-likeness (QED) is 0.689. The van der Waals surface area contributed by atoms with E-state index in [1.165, 1.54) is 24.3 Å². The standard InChI is InChI=1S/C22H22F2N2/c23-19-8-4-17(5-9-19)21(25)13-15-2-1-3-16(12-15)14-22(26)18-6-10-20(24)11-7-18/h1-12,21-22H,13-14,25-26H2. The molecule has 0 bridgehead atoms. The van der Waals surface area contributed by atoms with E-state index in [9.17, 15) is 8.78 Å². The molecule has 0 aliphatic carbocycles. The van der Waals surface area contributed by atoms with E-state index in [2.05, 4.69) is 6.07 Å². The Kier molecular flexibility index (Phi) is 5.76. The Hall–Kier alpha value is -2.56. The normalized spacial score (nSPS) is 13.4. The first-order valence-electron chi connectivity index (χ1n) is 8.61. The lowest BCUT2D eigenvalue weighted by Crippen LogP contribution is -2.15. The third-order valence-corrected chi connectivity index (χ3v) is 4.50. The van der Waals surface area contributed by atoms with Gasteiger partial charge in [0.1, 0.15) is 11.6 Å². The second-order valence-electron chi connectivity index (χ2n) is 6.54. The van der Waals surface area contributed by atoms with Crippen molar-refractivity contribution in [2.24, 2.45) is 11.5 Å². The Morgan fingerprint density at radius 2 is 1.00 bits per heavy atom. The van der Waals surface area contributed by atoms with Crippen LogP contribution in [0.2, 0.25) is 0 Å². The zero-order valence-corrected chi connectivity index (χ0v) is 14.4. The van der Waals surface area contributed by atoms with E-state index >= 15 is 0 Å².